The maximum Gasteiger partial charge on any atom is 0.319 e. The van der Waals surface area contributed by atoms with Crippen LogP contribution in [0, 0.1) is 5.92 Å². The highest BCUT2D eigenvalue weighted by Gasteiger charge is 2.06. The first kappa shape index (κ1) is 14.2. The minimum absolute atomic E-state index is 0.237. The topological polar surface area (TPSA) is 59.6 Å². The zero-order valence-corrected chi connectivity index (χ0v) is 11.2. The van der Waals surface area contributed by atoms with E-state index in [4.69, 9.17) is 9.47 Å². The molecular formula is C13H20N2O3. The smallest absolute Gasteiger partial charge is 0.319 e. The fourth-order valence-corrected chi connectivity index (χ4v) is 1.35. The van der Waals surface area contributed by atoms with Crippen molar-refractivity contribution in [2.75, 3.05) is 26.1 Å². The van der Waals surface area contributed by atoms with Crippen molar-refractivity contribution in [2.24, 2.45) is 5.92 Å². The van der Waals surface area contributed by atoms with Crippen molar-refractivity contribution in [2.45, 2.75) is 13.8 Å². The fourth-order valence-electron chi connectivity index (χ4n) is 1.35. The predicted octanol–water partition coefficient (Wildman–Crippen LogP) is 2.48. The maximum atomic E-state index is 11.6. The van der Waals surface area contributed by atoms with E-state index in [0.29, 0.717) is 29.6 Å². The average molecular weight is 252 g/mol. The Balaban J connectivity index is 2.68. The normalized spacial score (nSPS) is 10.1. The van der Waals surface area contributed by atoms with Crippen LogP contribution in [0.1, 0.15) is 13.8 Å². The van der Waals surface area contributed by atoms with E-state index < -0.39 is 0 Å². The van der Waals surface area contributed by atoms with Gasteiger partial charge in [-0.1, -0.05) is 13.8 Å². The van der Waals surface area contributed by atoms with E-state index in [-0.39, 0.29) is 6.03 Å². The molecule has 0 unspecified atom stereocenters. The van der Waals surface area contributed by atoms with Crippen molar-refractivity contribution in [1.82, 2.24) is 5.32 Å². The standard InChI is InChI=1S/C13H20N2O3/c1-9(2)8-14-13(16)15-10-5-11(17-3)7-12(6-10)18-4/h5-7,9H,8H2,1-4H3,(H2,14,15,16). The lowest BCUT2D eigenvalue weighted by Gasteiger charge is -2.11. The van der Waals surface area contributed by atoms with E-state index in [2.05, 4.69) is 10.6 Å². The monoisotopic (exact) mass is 252 g/mol. The molecular weight excluding hydrogens is 232 g/mol. The summed E-state index contributed by atoms with van der Waals surface area (Å²) in [6.45, 7) is 4.71. The number of ether oxygens (including phenoxy) is 2. The van der Waals surface area contributed by atoms with Gasteiger partial charge >= 0.3 is 6.03 Å². The van der Waals surface area contributed by atoms with E-state index in [0.717, 1.165) is 0 Å². The molecule has 1 aromatic rings. The van der Waals surface area contributed by atoms with Gasteiger partial charge in [0.25, 0.3) is 0 Å². The lowest BCUT2D eigenvalue weighted by Crippen LogP contribution is -2.31. The third kappa shape index (κ3) is 4.53. The molecule has 0 saturated heterocycles. The van der Waals surface area contributed by atoms with Crippen molar-refractivity contribution in [3.8, 4) is 11.5 Å². The lowest BCUT2D eigenvalue weighted by atomic mass is 10.2. The minimum atomic E-state index is -0.237. The molecule has 0 aromatic heterocycles. The van der Waals surface area contributed by atoms with Gasteiger partial charge in [-0.05, 0) is 5.92 Å². The quantitative estimate of drug-likeness (QED) is 0.846. The number of hydrogen-bond donors (Lipinski definition) is 2. The van der Waals surface area contributed by atoms with Gasteiger partial charge in [-0.15, -0.1) is 0 Å². The van der Waals surface area contributed by atoms with E-state index in [1.54, 1.807) is 32.4 Å². The summed E-state index contributed by atoms with van der Waals surface area (Å²) in [4.78, 5) is 11.6. The summed E-state index contributed by atoms with van der Waals surface area (Å²) in [6.07, 6.45) is 0. The Morgan fingerprint density at radius 1 is 1.17 bits per heavy atom. The SMILES string of the molecule is COc1cc(NC(=O)NCC(C)C)cc(OC)c1. The molecule has 1 rings (SSSR count). The van der Waals surface area contributed by atoms with Gasteiger partial charge in [-0.25, -0.2) is 4.79 Å². The van der Waals surface area contributed by atoms with E-state index in [1.807, 2.05) is 13.8 Å². The Morgan fingerprint density at radius 2 is 1.72 bits per heavy atom. The van der Waals surface area contributed by atoms with Crippen LogP contribution in [-0.4, -0.2) is 26.8 Å². The Kier molecular flexibility index (Phi) is 5.30. The van der Waals surface area contributed by atoms with Crippen molar-refractivity contribution in [3.63, 3.8) is 0 Å². The molecule has 0 radical (unpaired) electrons. The molecule has 0 heterocycles. The van der Waals surface area contributed by atoms with Crippen LogP contribution in [-0.2, 0) is 0 Å². The number of rotatable bonds is 5. The minimum Gasteiger partial charge on any atom is -0.497 e. The number of amides is 2. The number of anilines is 1. The molecule has 2 amide bonds. The van der Waals surface area contributed by atoms with Gasteiger partial charge in [0.2, 0.25) is 0 Å². The van der Waals surface area contributed by atoms with Gasteiger partial charge in [0.15, 0.2) is 0 Å². The molecule has 0 spiro atoms. The van der Waals surface area contributed by atoms with E-state index in [1.165, 1.54) is 0 Å². The number of urea groups is 1. The highest BCUT2D eigenvalue weighted by molar-refractivity contribution is 5.89. The number of hydrogen-bond acceptors (Lipinski definition) is 3. The third-order valence-corrected chi connectivity index (χ3v) is 2.28. The number of carbonyl (C=O) groups is 1. The number of nitrogens with one attached hydrogen (secondary N) is 2. The summed E-state index contributed by atoms with van der Waals surface area (Å²) in [5.41, 5.74) is 0.632. The van der Waals surface area contributed by atoms with Gasteiger partial charge in [0.1, 0.15) is 11.5 Å². The van der Waals surface area contributed by atoms with Crippen LogP contribution >= 0.6 is 0 Å². The Hall–Kier alpha value is -1.91. The van der Waals surface area contributed by atoms with Gasteiger partial charge < -0.3 is 20.1 Å². The molecule has 0 fully saturated rings. The van der Waals surface area contributed by atoms with Crippen LogP contribution in [0.2, 0.25) is 0 Å². The van der Waals surface area contributed by atoms with Gasteiger partial charge in [-0.3, -0.25) is 0 Å². The second-order valence-electron chi connectivity index (χ2n) is 4.33. The van der Waals surface area contributed by atoms with Crippen LogP contribution < -0.4 is 20.1 Å². The molecule has 0 atom stereocenters. The van der Waals surface area contributed by atoms with Gasteiger partial charge in [0.05, 0.1) is 14.2 Å². The van der Waals surface area contributed by atoms with Crippen molar-refractivity contribution in [1.29, 1.82) is 0 Å². The van der Waals surface area contributed by atoms with Crippen LogP contribution in [0.3, 0.4) is 0 Å². The Labute approximate surface area is 107 Å². The molecule has 0 aliphatic heterocycles. The highest BCUT2D eigenvalue weighted by Crippen LogP contribution is 2.25. The van der Waals surface area contributed by atoms with E-state index >= 15 is 0 Å². The summed E-state index contributed by atoms with van der Waals surface area (Å²) < 4.78 is 10.3. The van der Waals surface area contributed by atoms with Crippen LogP contribution in [0.5, 0.6) is 11.5 Å². The molecule has 0 aliphatic carbocycles. The molecule has 18 heavy (non-hydrogen) atoms. The van der Waals surface area contributed by atoms with Crippen molar-refractivity contribution in [3.05, 3.63) is 18.2 Å². The fraction of sp³-hybridized carbons (Fsp3) is 0.462. The average Bonchev–Trinajstić information content (AvgIpc) is 2.35. The second kappa shape index (κ2) is 6.74. The number of methoxy groups -OCH3 is 2. The van der Waals surface area contributed by atoms with Crippen LogP contribution in [0.25, 0.3) is 0 Å². The van der Waals surface area contributed by atoms with Gasteiger partial charge in [-0.2, -0.15) is 0 Å². The van der Waals surface area contributed by atoms with Gasteiger partial charge in [0, 0.05) is 30.4 Å². The third-order valence-electron chi connectivity index (χ3n) is 2.28. The molecule has 100 valence electrons. The molecule has 5 nitrogen and oxygen atoms in total. The second-order valence-corrected chi connectivity index (χ2v) is 4.33. The van der Waals surface area contributed by atoms with Crippen LogP contribution in [0.4, 0.5) is 10.5 Å². The summed E-state index contributed by atoms with van der Waals surface area (Å²) in [5.74, 6) is 1.68. The molecule has 0 saturated carbocycles. The zero-order chi connectivity index (χ0) is 13.5. The largest absolute Gasteiger partial charge is 0.497 e. The molecule has 1 aromatic carbocycles. The van der Waals surface area contributed by atoms with Crippen molar-refractivity contribution < 1.29 is 14.3 Å². The Bertz CT molecular complexity index is 383. The van der Waals surface area contributed by atoms with Crippen molar-refractivity contribution >= 4 is 11.7 Å². The first-order valence-electron chi connectivity index (χ1n) is 5.83. The number of carbonyl (C=O) groups excluding carboxylic acids is 1. The zero-order valence-electron chi connectivity index (χ0n) is 11.2. The summed E-state index contributed by atoms with van der Waals surface area (Å²) >= 11 is 0. The molecule has 0 bridgehead atoms. The summed E-state index contributed by atoms with van der Waals surface area (Å²) in [6, 6.07) is 4.98. The summed E-state index contributed by atoms with van der Waals surface area (Å²) in [5, 5.41) is 5.51. The molecule has 5 heteroatoms. The predicted molar refractivity (Wildman–Crippen MR) is 71.4 cm³/mol. The summed E-state index contributed by atoms with van der Waals surface area (Å²) in [7, 11) is 3.13. The molecule has 0 aliphatic rings. The molecule has 2 N–H and O–H groups in total. The first-order valence-corrected chi connectivity index (χ1v) is 5.83. The Morgan fingerprint density at radius 3 is 2.17 bits per heavy atom. The lowest BCUT2D eigenvalue weighted by molar-refractivity contribution is 0.251. The number of benzene rings is 1. The first-order chi connectivity index (χ1) is 8.55. The van der Waals surface area contributed by atoms with E-state index in [9.17, 15) is 4.79 Å². The maximum absolute atomic E-state index is 11.6. The van der Waals surface area contributed by atoms with Crippen LogP contribution in [0.15, 0.2) is 18.2 Å². The highest BCUT2D eigenvalue weighted by atomic mass is 16.5.